The van der Waals surface area contributed by atoms with Crippen molar-refractivity contribution in [3.8, 4) is 5.75 Å². The van der Waals surface area contributed by atoms with Gasteiger partial charge in [-0.25, -0.2) is 4.79 Å². The standard InChI is InChI=1S/C14H16BNO4/c17-14(18)12-11(9-16-7-1-2-8-16)4-3-10-5-6-15(19)20-13(10)12/h1-4,19H,5-9H2,(H,17,18). The first-order valence-corrected chi connectivity index (χ1v) is 6.75. The molecule has 0 fully saturated rings. The number of nitrogens with zero attached hydrogens (tertiary/aromatic N) is 1. The molecule has 3 rings (SSSR count). The van der Waals surface area contributed by atoms with Gasteiger partial charge < -0.3 is 14.8 Å². The van der Waals surface area contributed by atoms with E-state index in [4.69, 9.17) is 4.65 Å². The minimum Gasteiger partial charge on any atom is -0.535 e. The van der Waals surface area contributed by atoms with E-state index in [1.54, 1.807) is 0 Å². The van der Waals surface area contributed by atoms with Crippen LogP contribution in [0.25, 0.3) is 0 Å². The summed E-state index contributed by atoms with van der Waals surface area (Å²) in [7, 11) is -0.913. The zero-order chi connectivity index (χ0) is 14.1. The zero-order valence-electron chi connectivity index (χ0n) is 11.1. The first-order valence-electron chi connectivity index (χ1n) is 6.75. The predicted octanol–water partition coefficient (Wildman–Crippen LogP) is 1.17. The molecule has 0 radical (unpaired) electrons. The summed E-state index contributed by atoms with van der Waals surface area (Å²) in [5.74, 6) is -0.668. The number of carboxylic acids is 1. The third-order valence-electron chi connectivity index (χ3n) is 3.74. The fourth-order valence-corrected chi connectivity index (χ4v) is 2.73. The first kappa shape index (κ1) is 13.2. The molecule has 1 aromatic carbocycles. The van der Waals surface area contributed by atoms with Gasteiger partial charge in [-0.3, -0.25) is 4.90 Å². The van der Waals surface area contributed by atoms with Crippen LogP contribution in [0.1, 0.15) is 21.5 Å². The van der Waals surface area contributed by atoms with Gasteiger partial charge in [0.15, 0.2) is 0 Å². The van der Waals surface area contributed by atoms with Gasteiger partial charge in [0, 0.05) is 19.6 Å². The Morgan fingerprint density at radius 3 is 2.80 bits per heavy atom. The van der Waals surface area contributed by atoms with Gasteiger partial charge in [-0.2, -0.15) is 0 Å². The summed E-state index contributed by atoms with van der Waals surface area (Å²) in [4.78, 5) is 13.7. The number of hydrogen-bond acceptors (Lipinski definition) is 4. The van der Waals surface area contributed by atoms with Gasteiger partial charge in [0.1, 0.15) is 11.3 Å². The number of fused-ring (bicyclic) bond motifs is 1. The van der Waals surface area contributed by atoms with Gasteiger partial charge in [-0.05, 0) is 23.9 Å². The molecule has 20 heavy (non-hydrogen) atoms. The van der Waals surface area contributed by atoms with Crippen LogP contribution >= 0.6 is 0 Å². The van der Waals surface area contributed by atoms with Crippen LogP contribution in [0.3, 0.4) is 0 Å². The number of aryl methyl sites for hydroxylation is 1. The molecule has 2 heterocycles. The molecule has 0 unspecified atom stereocenters. The third-order valence-corrected chi connectivity index (χ3v) is 3.74. The summed E-state index contributed by atoms with van der Waals surface area (Å²) >= 11 is 0. The van der Waals surface area contributed by atoms with Gasteiger partial charge in [0.05, 0.1) is 0 Å². The molecule has 1 aromatic rings. The molecule has 0 bridgehead atoms. The van der Waals surface area contributed by atoms with Gasteiger partial charge >= 0.3 is 13.1 Å². The van der Waals surface area contributed by atoms with Crippen LogP contribution < -0.4 is 4.65 Å². The molecular formula is C14H16BNO4. The summed E-state index contributed by atoms with van der Waals surface area (Å²) in [6, 6.07) is 3.77. The second-order valence-corrected chi connectivity index (χ2v) is 5.17. The largest absolute Gasteiger partial charge is 0.535 e. The van der Waals surface area contributed by atoms with Crippen LogP contribution in [-0.2, 0) is 13.0 Å². The SMILES string of the molecule is O=C(O)c1c(CN2CC=CC2)ccc2c1OB(O)CC2. The molecule has 0 spiro atoms. The number of carbonyl (C=O) groups is 1. The average molecular weight is 273 g/mol. The van der Waals surface area contributed by atoms with E-state index < -0.39 is 13.1 Å². The fourth-order valence-electron chi connectivity index (χ4n) is 2.73. The van der Waals surface area contributed by atoms with Crippen molar-refractivity contribution in [1.29, 1.82) is 0 Å². The number of hydrogen-bond donors (Lipinski definition) is 2. The number of benzene rings is 1. The normalized spacial score (nSPS) is 17.9. The third kappa shape index (κ3) is 2.44. The van der Waals surface area contributed by atoms with Crippen molar-refractivity contribution in [2.24, 2.45) is 0 Å². The van der Waals surface area contributed by atoms with Gasteiger partial charge in [-0.15, -0.1) is 0 Å². The van der Waals surface area contributed by atoms with Gasteiger partial charge in [-0.1, -0.05) is 24.3 Å². The maximum absolute atomic E-state index is 11.6. The van der Waals surface area contributed by atoms with E-state index in [0.717, 1.165) is 24.2 Å². The van der Waals surface area contributed by atoms with Crippen molar-refractivity contribution < 1.29 is 19.6 Å². The summed E-state index contributed by atoms with van der Waals surface area (Å²) < 4.78 is 5.37. The number of carboxylic acid groups (broad SMARTS) is 1. The van der Waals surface area contributed by atoms with Crippen LogP contribution in [0.2, 0.25) is 6.32 Å². The second kappa shape index (κ2) is 5.30. The van der Waals surface area contributed by atoms with Gasteiger partial charge in [0.25, 0.3) is 0 Å². The molecule has 0 amide bonds. The molecule has 0 atom stereocenters. The van der Waals surface area contributed by atoms with Crippen molar-refractivity contribution in [3.63, 3.8) is 0 Å². The summed E-state index contributed by atoms with van der Waals surface area (Å²) in [6.45, 7) is 2.24. The average Bonchev–Trinajstić information content (AvgIpc) is 2.90. The smallest absolute Gasteiger partial charge is 0.522 e. The zero-order valence-corrected chi connectivity index (χ0v) is 11.1. The lowest BCUT2D eigenvalue weighted by atomic mass is 9.78. The topological polar surface area (TPSA) is 70.0 Å². The highest BCUT2D eigenvalue weighted by molar-refractivity contribution is 6.44. The van der Waals surface area contributed by atoms with Crippen LogP contribution in [0.15, 0.2) is 24.3 Å². The van der Waals surface area contributed by atoms with Crippen LogP contribution in [0.4, 0.5) is 0 Å². The summed E-state index contributed by atoms with van der Waals surface area (Å²) in [5, 5.41) is 19.1. The number of rotatable bonds is 3. The Labute approximate surface area is 117 Å². The Balaban J connectivity index is 1.97. The minimum atomic E-state index is -1.00. The lowest BCUT2D eigenvalue weighted by Gasteiger charge is -2.24. The molecule has 2 aliphatic heterocycles. The second-order valence-electron chi connectivity index (χ2n) is 5.17. The number of aromatic carboxylic acids is 1. The lowest BCUT2D eigenvalue weighted by Crippen LogP contribution is -2.29. The highest BCUT2D eigenvalue weighted by Gasteiger charge is 2.29. The molecule has 5 nitrogen and oxygen atoms in total. The molecular weight excluding hydrogens is 257 g/mol. The Hall–Kier alpha value is -1.79. The fraction of sp³-hybridized carbons (Fsp3) is 0.357. The maximum atomic E-state index is 11.6. The Kier molecular flexibility index (Phi) is 3.50. The van der Waals surface area contributed by atoms with E-state index in [1.807, 2.05) is 12.1 Å². The highest BCUT2D eigenvalue weighted by Crippen LogP contribution is 2.33. The Bertz CT molecular complexity index is 565. The Morgan fingerprint density at radius 1 is 1.35 bits per heavy atom. The van der Waals surface area contributed by atoms with E-state index in [9.17, 15) is 14.9 Å². The van der Waals surface area contributed by atoms with Crippen molar-refractivity contribution in [3.05, 3.63) is 41.0 Å². The summed E-state index contributed by atoms with van der Waals surface area (Å²) in [6.07, 6.45) is 5.28. The monoisotopic (exact) mass is 273 g/mol. The van der Waals surface area contributed by atoms with E-state index in [1.165, 1.54) is 0 Å². The van der Waals surface area contributed by atoms with E-state index in [2.05, 4.69) is 17.1 Å². The predicted molar refractivity (Wildman–Crippen MR) is 74.9 cm³/mol. The van der Waals surface area contributed by atoms with Crippen LogP contribution in [-0.4, -0.2) is 41.2 Å². The molecule has 2 aliphatic rings. The molecule has 2 N–H and O–H groups in total. The first-order chi connectivity index (χ1) is 9.65. The summed E-state index contributed by atoms with van der Waals surface area (Å²) in [5.41, 5.74) is 1.78. The highest BCUT2D eigenvalue weighted by atomic mass is 16.5. The van der Waals surface area contributed by atoms with Crippen molar-refractivity contribution in [1.82, 2.24) is 4.90 Å². The molecule has 6 heteroatoms. The van der Waals surface area contributed by atoms with E-state index >= 15 is 0 Å². The van der Waals surface area contributed by atoms with Crippen molar-refractivity contribution in [2.45, 2.75) is 19.3 Å². The molecule has 0 saturated carbocycles. The van der Waals surface area contributed by atoms with Crippen molar-refractivity contribution in [2.75, 3.05) is 13.1 Å². The molecule has 0 aromatic heterocycles. The minimum absolute atomic E-state index is 0.188. The van der Waals surface area contributed by atoms with Crippen molar-refractivity contribution >= 4 is 13.1 Å². The van der Waals surface area contributed by atoms with Crippen LogP contribution in [0.5, 0.6) is 5.75 Å². The van der Waals surface area contributed by atoms with E-state index in [0.29, 0.717) is 25.0 Å². The van der Waals surface area contributed by atoms with E-state index in [-0.39, 0.29) is 5.56 Å². The quantitative estimate of drug-likeness (QED) is 0.639. The van der Waals surface area contributed by atoms with Gasteiger partial charge in [0.2, 0.25) is 0 Å². The maximum Gasteiger partial charge on any atom is 0.522 e. The molecule has 0 aliphatic carbocycles. The Morgan fingerprint density at radius 2 is 2.10 bits per heavy atom. The molecule has 104 valence electrons. The van der Waals surface area contributed by atoms with Crippen LogP contribution in [0, 0.1) is 0 Å². The lowest BCUT2D eigenvalue weighted by molar-refractivity contribution is 0.0692. The molecule has 0 saturated heterocycles.